The molecule has 0 unspecified atom stereocenters. The zero-order chi connectivity index (χ0) is 21.2. The number of hydrogen-bond donors (Lipinski definition) is 2. The number of hydrogen-bond acceptors (Lipinski definition) is 7. The van der Waals surface area contributed by atoms with Gasteiger partial charge in [0.1, 0.15) is 6.61 Å². The van der Waals surface area contributed by atoms with Crippen LogP contribution in [0.25, 0.3) is 0 Å². The van der Waals surface area contributed by atoms with Crippen LogP contribution in [0.1, 0.15) is 42.5 Å². The molecular formula is C18H21N2O7S2+. The molecule has 0 bridgehead atoms. The first-order chi connectivity index (χ1) is 13.7. The third-order valence-electron chi connectivity index (χ3n) is 4.99. The number of sulfone groups is 2. The maximum Gasteiger partial charge on any atom is 0.382 e. The highest BCUT2D eigenvalue weighted by atomic mass is 32.2. The maximum absolute atomic E-state index is 12.7. The highest BCUT2D eigenvalue weighted by molar-refractivity contribution is 7.92. The number of aromatic nitrogens is 2. The molecule has 0 amide bonds. The summed E-state index contributed by atoms with van der Waals surface area (Å²) in [5.41, 5.74) is 0.142. The van der Waals surface area contributed by atoms with Crippen molar-refractivity contribution in [2.75, 3.05) is 6.61 Å². The first-order valence-electron chi connectivity index (χ1n) is 9.07. The van der Waals surface area contributed by atoms with Crippen molar-refractivity contribution in [1.82, 2.24) is 5.10 Å². The molecule has 1 aliphatic carbocycles. The van der Waals surface area contributed by atoms with Crippen molar-refractivity contribution >= 4 is 25.5 Å². The van der Waals surface area contributed by atoms with Gasteiger partial charge >= 0.3 is 5.03 Å². The van der Waals surface area contributed by atoms with Crippen LogP contribution in [0.2, 0.25) is 0 Å². The summed E-state index contributed by atoms with van der Waals surface area (Å²) in [4.78, 5) is 23.6. The minimum absolute atomic E-state index is 0.0273. The van der Waals surface area contributed by atoms with Crippen molar-refractivity contribution in [3.05, 3.63) is 46.9 Å². The van der Waals surface area contributed by atoms with Gasteiger partial charge in [0.25, 0.3) is 0 Å². The molecule has 1 aromatic heterocycles. The van der Waals surface area contributed by atoms with E-state index < -0.39 is 47.4 Å². The minimum Gasteiger partial charge on any atom is -0.388 e. The lowest BCUT2D eigenvalue weighted by atomic mass is 10.0. The predicted molar refractivity (Wildman–Crippen MR) is 102 cm³/mol. The third kappa shape index (κ3) is 4.16. The van der Waals surface area contributed by atoms with E-state index in [9.17, 15) is 26.5 Å². The van der Waals surface area contributed by atoms with Crippen LogP contribution < -0.4 is 4.54 Å². The Morgan fingerprint density at radius 3 is 2.17 bits per heavy atom. The normalized spacial score (nSPS) is 15.9. The van der Waals surface area contributed by atoms with Crippen molar-refractivity contribution in [2.24, 2.45) is 0 Å². The minimum atomic E-state index is -4.14. The molecule has 2 N–H and O–H groups in total. The van der Waals surface area contributed by atoms with Crippen LogP contribution in [0.4, 0.5) is 0 Å². The van der Waals surface area contributed by atoms with Gasteiger partial charge in [-0.25, -0.2) is 16.8 Å². The summed E-state index contributed by atoms with van der Waals surface area (Å²) in [5.74, 6) is -0.560. The fraction of sp³-hybridized carbons (Fsp3) is 0.389. The first kappa shape index (κ1) is 21.3. The van der Waals surface area contributed by atoms with E-state index >= 15 is 0 Å². The SMILES string of the molecule is O=C(CO)c1ccc(S(=O)(=O)c2ccc(S(=O)(=O)C3CCCCC3)[n+](=O)[nH]2)cc1. The number of benzene rings is 1. The van der Waals surface area contributed by atoms with Gasteiger partial charge in [-0.3, -0.25) is 4.79 Å². The molecule has 1 saturated carbocycles. The molecule has 156 valence electrons. The zero-order valence-corrected chi connectivity index (χ0v) is 17.1. The van der Waals surface area contributed by atoms with Crippen LogP contribution in [0.5, 0.6) is 0 Å². The van der Waals surface area contributed by atoms with Gasteiger partial charge in [0.2, 0.25) is 19.7 Å². The second-order valence-corrected chi connectivity index (χ2v) is 10.9. The molecule has 29 heavy (non-hydrogen) atoms. The Morgan fingerprint density at radius 1 is 1.00 bits per heavy atom. The molecule has 0 spiro atoms. The number of ketones is 1. The van der Waals surface area contributed by atoms with E-state index in [0.717, 1.165) is 31.4 Å². The summed E-state index contributed by atoms with van der Waals surface area (Å²) in [6.07, 6.45) is 3.44. The Labute approximate surface area is 167 Å². The van der Waals surface area contributed by atoms with Crippen molar-refractivity contribution < 1.29 is 31.3 Å². The van der Waals surface area contributed by atoms with E-state index in [1.165, 1.54) is 24.3 Å². The molecule has 1 aromatic carbocycles. The van der Waals surface area contributed by atoms with Crippen LogP contribution in [-0.4, -0.2) is 44.7 Å². The van der Waals surface area contributed by atoms with Crippen molar-refractivity contribution in [3.8, 4) is 0 Å². The van der Waals surface area contributed by atoms with Gasteiger partial charge in [0.15, 0.2) is 15.4 Å². The third-order valence-corrected chi connectivity index (χ3v) is 8.92. The van der Waals surface area contributed by atoms with Crippen LogP contribution >= 0.6 is 0 Å². The average Bonchev–Trinajstić information content (AvgIpc) is 2.73. The molecule has 1 heterocycles. The van der Waals surface area contributed by atoms with E-state index in [-0.39, 0.29) is 15.0 Å². The van der Waals surface area contributed by atoms with E-state index in [0.29, 0.717) is 12.8 Å². The summed E-state index contributed by atoms with van der Waals surface area (Å²) >= 11 is 0. The Hall–Kier alpha value is -2.37. The lowest BCUT2D eigenvalue weighted by Crippen LogP contribution is -2.35. The topological polar surface area (TPSA) is 144 Å². The number of carbonyl (C=O) groups is 1. The number of Topliss-reactive ketones (excluding diaryl/α,β-unsaturated/α-hetero) is 1. The monoisotopic (exact) mass is 441 g/mol. The number of nitrogens with one attached hydrogen (secondary N) is 1. The van der Waals surface area contributed by atoms with Crippen LogP contribution in [-0.2, 0) is 19.7 Å². The van der Waals surface area contributed by atoms with Crippen molar-refractivity contribution in [2.45, 2.75) is 52.3 Å². The number of aliphatic hydroxyl groups is 1. The number of carbonyl (C=O) groups excluding carboxylic acids is 1. The van der Waals surface area contributed by atoms with E-state index in [2.05, 4.69) is 5.10 Å². The molecule has 2 aromatic rings. The van der Waals surface area contributed by atoms with Gasteiger partial charge in [-0.1, -0.05) is 31.4 Å². The smallest absolute Gasteiger partial charge is 0.382 e. The van der Waals surface area contributed by atoms with E-state index in [1.54, 1.807) is 0 Å². The van der Waals surface area contributed by atoms with Crippen LogP contribution in [0.15, 0.2) is 51.3 Å². The fourth-order valence-corrected chi connectivity index (χ4v) is 6.38. The fourth-order valence-electron chi connectivity index (χ4n) is 3.35. The highest BCUT2D eigenvalue weighted by Crippen LogP contribution is 2.27. The molecule has 9 nitrogen and oxygen atoms in total. The molecule has 1 fully saturated rings. The maximum atomic E-state index is 12.7. The van der Waals surface area contributed by atoms with Gasteiger partial charge < -0.3 is 5.11 Å². The molecule has 0 atom stereocenters. The largest absolute Gasteiger partial charge is 0.388 e. The van der Waals surface area contributed by atoms with Gasteiger partial charge in [0.05, 0.1) is 15.1 Å². The molecule has 0 radical (unpaired) electrons. The molecular weight excluding hydrogens is 420 g/mol. The van der Waals surface area contributed by atoms with Gasteiger partial charge in [0, 0.05) is 11.6 Å². The molecule has 3 rings (SSSR count). The number of H-pyrrole nitrogens is 1. The van der Waals surface area contributed by atoms with Gasteiger partial charge in [-0.05, 0) is 31.0 Å². The molecule has 11 heteroatoms. The van der Waals surface area contributed by atoms with Gasteiger partial charge in [-0.15, -0.1) is 5.10 Å². The number of aromatic amines is 1. The highest BCUT2D eigenvalue weighted by Gasteiger charge is 2.37. The summed E-state index contributed by atoms with van der Waals surface area (Å²) in [7, 11) is -8.02. The second kappa shape index (κ2) is 8.17. The summed E-state index contributed by atoms with van der Waals surface area (Å²) in [6, 6.07) is 6.90. The number of aliphatic hydroxyl groups excluding tert-OH is 1. The second-order valence-electron chi connectivity index (χ2n) is 6.86. The Kier molecular flexibility index (Phi) is 6.01. The summed E-state index contributed by atoms with van der Waals surface area (Å²) < 4.78 is 50.9. The molecule has 0 saturated heterocycles. The summed E-state index contributed by atoms with van der Waals surface area (Å²) in [5, 5.41) is 9.32. The quantitative estimate of drug-likeness (QED) is 0.503. The average molecular weight is 442 g/mol. The van der Waals surface area contributed by atoms with Crippen LogP contribution in [0.3, 0.4) is 0 Å². The lowest BCUT2D eigenvalue weighted by molar-refractivity contribution is -0.610. The predicted octanol–water partition coefficient (Wildman–Crippen LogP) is 1.04. The van der Waals surface area contributed by atoms with E-state index in [1.807, 2.05) is 0 Å². The lowest BCUT2D eigenvalue weighted by Gasteiger charge is -2.18. The summed E-state index contributed by atoms with van der Waals surface area (Å²) in [6.45, 7) is -0.701. The molecule has 0 aliphatic heterocycles. The first-order valence-corrected chi connectivity index (χ1v) is 12.1. The zero-order valence-electron chi connectivity index (χ0n) is 15.4. The van der Waals surface area contributed by atoms with Crippen molar-refractivity contribution in [1.29, 1.82) is 0 Å². The van der Waals surface area contributed by atoms with Gasteiger partial charge in [-0.2, -0.15) is 0 Å². The Bertz CT molecular complexity index is 1180. The molecule has 1 aliphatic rings. The van der Waals surface area contributed by atoms with Crippen LogP contribution in [0, 0.1) is 4.91 Å². The van der Waals surface area contributed by atoms with E-state index in [4.69, 9.17) is 5.11 Å². The Morgan fingerprint density at radius 2 is 1.62 bits per heavy atom. The van der Waals surface area contributed by atoms with Crippen molar-refractivity contribution in [3.63, 3.8) is 0 Å². The number of nitrogens with zero attached hydrogens (tertiary/aromatic N) is 1. The number of rotatable bonds is 6. The Balaban J connectivity index is 1.95. The standard InChI is InChI=1S/C18H21N2O7S2/c21-12-16(22)13-6-8-15(9-7-13)28(24,25)17-10-11-18(20(23)19-17)29(26,27)14-4-2-1-3-5-14/h6-11,14,21H,1-5,12H2,(H,19,23)/q+1.